The van der Waals surface area contributed by atoms with Crippen LogP contribution in [0.4, 0.5) is 0 Å². The molecule has 0 aliphatic heterocycles. The number of rotatable bonds is 4. The van der Waals surface area contributed by atoms with E-state index in [0.29, 0.717) is 0 Å². The number of hydrogen-bond donors (Lipinski definition) is 0. The molecular formula is C42H26N4. The van der Waals surface area contributed by atoms with Gasteiger partial charge in [0.15, 0.2) is 0 Å². The fraction of sp³-hybridized carbons (Fsp3) is 0. The highest BCUT2D eigenvalue weighted by Gasteiger charge is 2.18. The molecule has 0 N–H and O–H groups in total. The van der Waals surface area contributed by atoms with Gasteiger partial charge in [0.05, 0.1) is 22.6 Å². The number of nitrogens with zero attached hydrogens (tertiary/aromatic N) is 4. The van der Waals surface area contributed by atoms with Crippen LogP contribution in [0.15, 0.2) is 158 Å². The quantitative estimate of drug-likeness (QED) is 0.193. The van der Waals surface area contributed by atoms with Gasteiger partial charge in [0.2, 0.25) is 0 Å². The Kier molecular flexibility index (Phi) is 6.10. The van der Waals surface area contributed by atoms with Crippen molar-refractivity contribution in [2.45, 2.75) is 0 Å². The van der Waals surface area contributed by atoms with Gasteiger partial charge in [-0.05, 0) is 81.2 Å². The molecule has 0 radical (unpaired) electrons. The van der Waals surface area contributed by atoms with Gasteiger partial charge in [0.25, 0.3) is 0 Å². The summed E-state index contributed by atoms with van der Waals surface area (Å²) in [5.74, 6) is 0. The van der Waals surface area contributed by atoms with E-state index in [2.05, 4.69) is 119 Å². The van der Waals surface area contributed by atoms with Crippen LogP contribution in [0.25, 0.3) is 88.1 Å². The summed E-state index contributed by atoms with van der Waals surface area (Å²) >= 11 is 0. The lowest BCUT2D eigenvalue weighted by molar-refractivity contribution is 1.26. The highest BCUT2D eigenvalue weighted by molar-refractivity contribution is 6.33. The molecule has 214 valence electrons. The predicted molar refractivity (Wildman–Crippen MR) is 189 cm³/mol. The Morgan fingerprint density at radius 1 is 0.348 bits per heavy atom. The summed E-state index contributed by atoms with van der Waals surface area (Å²) in [4.78, 5) is 19.1. The first-order valence-corrected chi connectivity index (χ1v) is 15.4. The van der Waals surface area contributed by atoms with Gasteiger partial charge in [-0.1, -0.05) is 84.9 Å². The Labute approximate surface area is 265 Å². The van der Waals surface area contributed by atoms with Crippen molar-refractivity contribution < 1.29 is 0 Å². The molecule has 0 spiro atoms. The summed E-state index contributed by atoms with van der Waals surface area (Å²) < 4.78 is 0. The zero-order valence-corrected chi connectivity index (χ0v) is 24.8. The third-order valence-electron chi connectivity index (χ3n) is 8.78. The van der Waals surface area contributed by atoms with Crippen LogP contribution in [0.1, 0.15) is 0 Å². The lowest BCUT2D eigenvalue weighted by Crippen LogP contribution is -1.94. The summed E-state index contributed by atoms with van der Waals surface area (Å²) in [6, 6.07) is 46.9. The summed E-state index contributed by atoms with van der Waals surface area (Å²) in [5, 5.41) is 8.51. The molecule has 4 heteroatoms. The van der Waals surface area contributed by atoms with Gasteiger partial charge in [0, 0.05) is 57.6 Å². The van der Waals surface area contributed by atoms with Crippen molar-refractivity contribution in [3.05, 3.63) is 158 Å². The van der Waals surface area contributed by atoms with E-state index in [4.69, 9.17) is 9.97 Å². The van der Waals surface area contributed by atoms with Crippen molar-refractivity contribution in [2.24, 2.45) is 0 Å². The predicted octanol–water partition coefficient (Wildman–Crippen LogP) is 10.5. The molecule has 0 atom stereocenters. The summed E-state index contributed by atoms with van der Waals surface area (Å²) in [6.45, 7) is 0. The molecule has 4 heterocycles. The zero-order chi connectivity index (χ0) is 30.5. The minimum Gasteiger partial charge on any atom is -0.264 e. The van der Waals surface area contributed by atoms with Crippen LogP contribution in [0.5, 0.6) is 0 Å². The van der Waals surface area contributed by atoms with Crippen LogP contribution in [0, 0.1) is 0 Å². The molecule has 0 unspecified atom stereocenters. The maximum Gasteiger partial charge on any atom is 0.0794 e. The monoisotopic (exact) mass is 586 g/mol. The molecule has 5 aromatic carbocycles. The topological polar surface area (TPSA) is 51.6 Å². The molecule has 0 fully saturated rings. The maximum atomic E-state index is 5.37. The van der Waals surface area contributed by atoms with Gasteiger partial charge in [-0.3, -0.25) is 9.97 Å². The second kappa shape index (κ2) is 10.7. The minimum absolute atomic E-state index is 0.863. The van der Waals surface area contributed by atoms with Gasteiger partial charge in [-0.2, -0.15) is 0 Å². The van der Waals surface area contributed by atoms with E-state index in [-0.39, 0.29) is 0 Å². The molecule has 0 aliphatic carbocycles. The SMILES string of the molecule is c1cncc(-c2cc(-c3cccc(-c4nc5ccccc5c5c6ccccc6c6ccccc6c45)c3)cc(-c3cccnc3)n2)c1. The molecule has 9 rings (SSSR count). The molecule has 4 aromatic heterocycles. The third kappa shape index (κ3) is 4.31. The molecule has 4 nitrogen and oxygen atoms in total. The Morgan fingerprint density at radius 2 is 0.891 bits per heavy atom. The van der Waals surface area contributed by atoms with E-state index >= 15 is 0 Å². The van der Waals surface area contributed by atoms with Gasteiger partial charge in [-0.25, -0.2) is 9.97 Å². The maximum absolute atomic E-state index is 5.37. The van der Waals surface area contributed by atoms with Crippen LogP contribution in [0.2, 0.25) is 0 Å². The highest BCUT2D eigenvalue weighted by Crippen LogP contribution is 2.43. The standard InChI is InChI=1S/C42H26N4/c1-3-16-34-32(14-1)33-15-2-4-17-35(33)41-40(34)36-18-5-6-19-37(36)46-42(41)28-11-7-10-27(22-28)31-23-38(29-12-8-20-43-25-29)45-39(24-31)30-13-9-21-44-26-30/h1-26H. The molecular weight excluding hydrogens is 560 g/mol. The van der Waals surface area contributed by atoms with Crippen molar-refractivity contribution in [3.63, 3.8) is 0 Å². The smallest absolute Gasteiger partial charge is 0.0794 e. The van der Waals surface area contributed by atoms with Crippen LogP contribution in [-0.2, 0) is 0 Å². The molecule has 9 aromatic rings. The van der Waals surface area contributed by atoms with Crippen molar-refractivity contribution in [2.75, 3.05) is 0 Å². The Hall–Kier alpha value is -6.26. The van der Waals surface area contributed by atoms with Crippen LogP contribution < -0.4 is 0 Å². The van der Waals surface area contributed by atoms with Crippen LogP contribution in [0.3, 0.4) is 0 Å². The average Bonchev–Trinajstić information content (AvgIpc) is 3.15. The number of fused-ring (bicyclic) bond motifs is 8. The molecule has 0 saturated carbocycles. The van der Waals surface area contributed by atoms with Gasteiger partial charge < -0.3 is 0 Å². The second-order valence-electron chi connectivity index (χ2n) is 11.5. The van der Waals surface area contributed by atoms with E-state index < -0.39 is 0 Å². The average molecular weight is 587 g/mol. The molecule has 0 bridgehead atoms. The minimum atomic E-state index is 0.863. The van der Waals surface area contributed by atoms with Gasteiger partial charge in [-0.15, -0.1) is 0 Å². The normalized spacial score (nSPS) is 11.5. The molecule has 46 heavy (non-hydrogen) atoms. The third-order valence-corrected chi connectivity index (χ3v) is 8.78. The Morgan fingerprint density at radius 3 is 1.52 bits per heavy atom. The van der Waals surface area contributed by atoms with E-state index in [1.807, 2.05) is 36.7 Å². The molecule has 0 aliphatic rings. The summed E-state index contributed by atoms with van der Waals surface area (Å²) in [5.41, 5.74) is 8.83. The number of aromatic nitrogens is 4. The van der Waals surface area contributed by atoms with Crippen LogP contribution in [-0.4, -0.2) is 19.9 Å². The summed E-state index contributed by atoms with van der Waals surface area (Å²) in [6.07, 6.45) is 7.28. The van der Waals surface area contributed by atoms with E-state index in [1.54, 1.807) is 12.4 Å². The number of pyridine rings is 4. The van der Waals surface area contributed by atoms with E-state index in [9.17, 15) is 0 Å². The number of hydrogen-bond acceptors (Lipinski definition) is 4. The lowest BCUT2D eigenvalue weighted by Gasteiger charge is -2.17. The van der Waals surface area contributed by atoms with Crippen LogP contribution >= 0.6 is 0 Å². The fourth-order valence-corrected chi connectivity index (χ4v) is 6.70. The van der Waals surface area contributed by atoms with Crippen molar-refractivity contribution >= 4 is 43.2 Å². The van der Waals surface area contributed by atoms with Crippen molar-refractivity contribution in [3.8, 4) is 44.9 Å². The molecule has 0 saturated heterocycles. The van der Waals surface area contributed by atoms with E-state index in [0.717, 1.165) is 55.8 Å². The van der Waals surface area contributed by atoms with E-state index in [1.165, 1.54) is 32.3 Å². The zero-order valence-electron chi connectivity index (χ0n) is 24.8. The summed E-state index contributed by atoms with van der Waals surface area (Å²) in [7, 11) is 0. The second-order valence-corrected chi connectivity index (χ2v) is 11.5. The highest BCUT2D eigenvalue weighted by atomic mass is 14.7. The van der Waals surface area contributed by atoms with Crippen molar-refractivity contribution in [1.29, 1.82) is 0 Å². The number of para-hydroxylation sites is 1. The van der Waals surface area contributed by atoms with Gasteiger partial charge >= 0.3 is 0 Å². The largest absolute Gasteiger partial charge is 0.264 e. The van der Waals surface area contributed by atoms with Crippen molar-refractivity contribution in [1.82, 2.24) is 19.9 Å². The Bertz CT molecular complexity index is 2520. The Balaban J connectivity index is 1.33. The lowest BCUT2D eigenvalue weighted by atomic mass is 9.89. The first-order valence-electron chi connectivity index (χ1n) is 15.4. The fourth-order valence-electron chi connectivity index (χ4n) is 6.70. The first-order chi connectivity index (χ1) is 22.8. The van der Waals surface area contributed by atoms with Gasteiger partial charge in [0.1, 0.15) is 0 Å². The molecule has 0 amide bonds. The first kappa shape index (κ1) is 26.2. The number of benzene rings is 5.